The maximum atomic E-state index is 13.5. The van der Waals surface area contributed by atoms with Gasteiger partial charge in [-0.15, -0.1) is 0 Å². The molecule has 1 N–H and O–H groups in total. The van der Waals surface area contributed by atoms with Crippen LogP contribution in [0.25, 0.3) is 22.0 Å². The zero-order valence-corrected chi connectivity index (χ0v) is 19.5. The van der Waals surface area contributed by atoms with Crippen LogP contribution in [-0.2, 0) is 28.9 Å². The number of nitrogens with one attached hydrogen (secondary N) is 1. The molecule has 0 unspecified atom stereocenters. The Balaban J connectivity index is 1.61. The normalized spacial score (nSPS) is 12.8. The standard InChI is InChI=1S/C24H15ClF6N2O2S/c25-21-3-1-2-19-15(10-11-32-22(19)21)13-33-36(34,35)17-7-4-14(5-8-17)18-9-6-16(23(26,27)28)12-20(18)24(29,30)31/h1-12,33H,13H2. The molecule has 1 heterocycles. The van der Waals surface area contributed by atoms with Gasteiger partial charge in [0, 0.05) is 18.1 Å². The molecule has 0 amide bonds. The fourth-order valence-corrected chi connectivity index (χ4v) is 4.86. The highest BCUT2D eigenvalue weighted by Crippen LogP contribution is 2.41. The fourth-order valence-electron chi connectivity index (χ4n) is 3.63. The number of aromatic nitrogens is 1. The summed E-state index contributed by atoms with van der Waals surface area (Å²) >= 11 is 6.12. The summed E-state index contributed by atoms with van der Waals surface area (Å²) < 4.78 is 107. The predicted octanol–water partition coefficient (Wildman–Crippen LogP) is 7.07. The van der Waals surface area contributed by atoms with Gasteiger partial charge < -0.3 is 0 Å². The molecule has 36 heavy (non-hydrogen) atoms. The van der Waals surface area contributed by atoms with E-state index >= 15 is 0 Å². The topological polar surface area (TPSA) is 59.1 Å². The molecule has 0 aliphatic rings. The second-order valence-corrected chi connectivity index (χ2v) is 9.89. The Hall–Kier alpha value is -3.15. The first-order valence-electron chi connectivity index (χ1n) is 10.2. The second-order valence-electron chi connectivity index (χ2n) is 7.71. The Bertz CT molecular complexity index is 1540. The number of hydrogen-bond acceptors (Lipinski definition) is 3. The minimum atomic E-state index is -5.06. The molecule has 0 fully saturated rings. The lowest BCUT2D eigenvalue weighted by Gasteiger charge is -2.16. The van der Waals surface area contributed by atoms with Crippen LogP contribution in [0.3, 0.4) is 0 Å². The Kier molecular flexibility index (Phi) is 6.76. The van der Waals surface area contributed by atoms with Crippen LogP contribution in [0, 0.1) is 0 Å². The number of alkyl halides is 6. The van der Waals surface area contributed by atoms with E-state index in [0.29, 0.717) is 33.6 Å². The lowest BCUT2D eigenvalue weighted by molar-refractivity contribution is -0.142. The minimum Gasteiger partial charge on any atom is -0.255 e. The van der Waals surface area contributed by atoms with Crippen LogP contribution in [0.2, 0.25) is 5.02 Å². The van der Waals surface area contributed by atoms with Gasteiger partial charge in [0.05, 0.1) is 26.6 Å². The Morgan fingerprint density at radius 3 is 2.19 bits per heavy atom. The zero-order valence-electron chi connectivity index (χ0n) is 18.0. The first-order chi connectivity index (χ1) is 16.8. The summed E-state index contributed by atoms with van der Waals surface area (Å²) in [5.74, 6) is 0. The first-order valence-corrected chi connectivity index (χ1v) is 12.0. The number of pyridine rings is 1. The van der Waals surface area contributed by atoms with Crippen molar-refractivity contribution < 1.29 is 34.8 Å². The molecule has 4 aromatic rings. The smallest absolute Gasteiger partial charge is 0.255 e. The minimum absolute atomic E-state index is 0.0346. The van der Waals surface area contributed by atoms with Crippen molar-refractivity contribution in [2.45, 2.75) is 23.8 Å². The lowest BCUT2D eigenvalue weighted by Crippen LogP contribution is -2.23. The second kappa shape index (κ2) is 9.38. The van der Waals surface area contributed by atoms with Crippen molar-refractivity contribution in [2.75, 3.05) is 0 Å². The summed E-state index contributed by atoms with van der Waals surface area (Å²) in [4.78, 5) is 3.94. The van der Waals surface area contributed by atoms with Gasteiger partial charge in [-0.1, -0.05) is 41.9 Å². The first kappa shape index (κ1) is 25.9. The van der Waals surface area contributed by atoms with Crippen molar-refractivity contribution in [1.82, 2.24) is 9.71 Å². The molecule has 0 bridgehead atoms. The van der Waals surface area contributed by atoms with Crippen LogP contribution in [-0.4, -0.2) is 13.4 Å². The molecule has 3 aromatic carbocycles. The van der Waals surface area contributed by atoms with Gasteiger partial charge in [0.1, 0.15) is 0 Å². The van der Waals surface area contributed by atoms with E-state index in [4.69, 9.17) is 11.6 Å². The third-order valence-electron chi connectivity index (χ3n) is 5.39. The monoisotopic (exact) mass is 544 g/mol. The molecular weight excluding hydrogens is 530 g/mol. The van der Waals surface area contributed by atoms with Crippen LogP contribution >= 0.6 is 11.6 Å². The van der Waals surface area contributed by atoms with Gasteiger partial charge >= 0.3 is 12.4 Å². The number of nitrogens with zero attached hydrogens (tertiary/aromatic N) is 1. The maximum absolute atomic E-state index is 13.5. The van der Waals surface area contributed by atoms with Crippen molar-refractivity contribution in [3.05, 3.63) is 94.6 Å². The van der Waals surface area contributed by atoms with Gasteiger partial charge in [0.25, 0.3) is 0 Å². The molecule has 0 aliphatic heterocycles. The van der Waals surface area contributed by atoms with Crippen molar-refractivity contribution in [1.29, 1.82) is 0 Å². The van der Waals surface area contributed by atoms with E-state index in [9.17, 15) is 34.8 Å². The average molecular weight is 545 g/mol. The average Bonchev–Trinajstić information content (AvgIpc) is 2.82. The number of halogens is 7. The molecule has 188 valence electrons. The van der Waals surface area contributed by atoms with E-state index in [1.807, 2.05) is 0 Å². The Morgan fingerprint density at radius 2 is 1.56 bits per heavy atom. The number of para-hydroxylation sites is 1. The Labute approximate surface area is 206 Å². The van der Waals surface area contributed by atoms with E-state index in [1.165, 1.54) is 6.20 Å². The summed E-state index contributed by atoms with van der Waals surface area (Å²) in [6, 6.07) is 12.4. The number of rotatable bonds is 5. The number of sulfonamides is 1. The lowest BCUT2D eigenvalue weighted by atomic mass is 9.97. The summed E-state index contributed by atoms with van der Waals surface area (Å²) in [7, 11) is -4.08. The van der Waals surface area contributed by atoms with E-state index in [1.54, 1.807) is 24.3 Å². The number of fused-ring (bicyclic) bond motifs is 1. The molecule has 4 rings (SSSR count). The molecule has 0 saturated heterocycles. The molecular formula is C24H15ClF6N2O2S. The predicted molar refractivity (Wildman–Crippen MR) is 123 cm³/mol. The zero-order chi connectivity index (χ0) is 26.3. The summed E-state index contributed by atoms with van der Waals surface area (Å²) in [5, 5.41) is 1.04. The molecule has 0 radical (unpaired) electrons. The largest absolute Gasteiger partial charge is 0.417 e. The van der Waals surface area contributed by atoms with Gasteiger partial charge in [-0.05, 0) is 53.1 Å². The molecule has 12 heteroatoms. The van der Waals surface area contributed by atoms with Gasteiger partial charge in [0.15, 0.2) is 0 Å². The summed E-state index contributed by atoms with van der Waals surface area (Å²) in [5.41, 5.74) is -2.42. The third-order valence-corrected chi connectivity index (χ3v) is 7.11. The SMILES string of the molecule is O=S(=O)(NCc1ccnc2c(Cl)cccc12)c1ccc(-c2ccc(C(F)(F)F)cc2C(F)(F)F)cc1. The quantitative estimate of drug-likeness (QED) is 0.273. The summed E-state index contributed by atoms with van der Waals surface area (Å²) in [6.45, 7) is -0.111. The number of benzene rings is 3. The van der Waals surface area contributed by atoms with Crippen LogP contribution in [0.15, 0.2) is 77.8 Å². The van der Waals surface area contributed by atoms with Crippen LogP contribution < -0.4 is 4.72 Å². The van der Waals surface area contributed by atoms with Gasteiger partial charge in [-0.25, -0.2) is 13.1 Å². The highest BCUT2D eigenvalue weighted by molar-refractivity contribution is 7.89. The van der Waals surface area contributed by atoms with Gasteiger partial charge in [-0.3, -0.25) is 4.98 Å². The van der Waals surface area contributed by atoms with E-state index in [0.717, 1.165) is 24.3 Å². The molecule has 0 atom stereocenters. The van der Waals surface area contributed by atoms with E-state index < -0.39 is 39.1 Å². The van der Waals surface area contributed by atoms with Crippen molar-refractivity contribution in [2.24, 2.45) is 0 Å². The number of hydrogen-bond donors (Lipinski definition) is 1. The molecule has 1 aromatic heterocycles. The summed E-state index contributed by atoms with van der Waals surface area (Å²) in [6.07, 6.45) is -8.53. The third kappa shape index (κ3) is 5.32. The molecule has 4 nitrogen and oxygen atoms in total. The van der Waals surface area contributed by atoms with Crippen LogP contribution in [0.5, 0.6) is 0 Å². The van der Waals surface area contributed by atoms with E-state index in [-0.39, 0.29) is 23.1 Å². The highest BCUT2D eigenvalue weighted by atomic mass is 35.5. The van der Waals surface area contributed by atoms with Gasteiger partial charge in [-0.2, -0.15) is 26.3 Å². The molecule has 0 aliphatic carbocycles. The van der Waals surface area contributed by atoms with Gasteiger partial charge in [0.2, 0.25) is 10.0 Å². The maximum Gasteiger partial charge on any atom is 0.417 e. The fraction of sp³-hybridized carbons (Fsp3) is 0.125. The van der Waals surface area contributed by atoms with Crippen LogP contribution in [0.1, 0.15) is 16.7 Å². The Morgan fingerprint density at radius 1 is 0.861 bits per heavy atom. The van der Waals surface area contributed by atoms with E-state index in [2.05, 4.69) is 9.71 Å². The highest BCUT2D eigenvalue weighted by Gasteiger charge is 2.38. The van der Waals surface area contributed by atoms with Crippen molar-refractivity contribution in [3.63, 3.8) is 0 Å². The van der Waals surface area contributed by atoms with Crippen molar-refractivity contribution >= 4 is 32.5 Å². The van der Waals surface area contributed by atoms with Crippen LogP contribution in [0.4, 0.5) is 26.3 Å². The van der Waals surface area contributed by atoms with Crippen molar-refractivity contribution in [3.8, 4) is 11.1 Å². The molecule has 0 saturated carbocycles. The molecule has 0 spiro atoms.